The number of hydrogen-bond donors (Lipinski definition) is 1. The highest BCUT2D eigenvalue weighted by Crippen LogP contribution is 2.26. The molecule has 170 valence electrons. The number of hydrogen-bond acceptors (Lipinski definition) is 3. The number of nitrogens with zero attached hydrogens (tertiary/aromatic N) is 2. The predicted molar refractivity (Wildman–Crippen MR) is 126 cm³/mol. The lowest BCUT2D eigenvalue weighted by Crippen LogP contribution is -2.54. The van der Waals surface area contributed by atoms with Gasteiger partial charge in [0.1, 0.15) is 0 Å². The van der Waals surface area contributed by atoms with Crippen molar-refractivity contribution in [1.82, 2.24) is 9.80 Å². The molecule has 3 amide bonds. The first-order chi connectivity index (χ1) is 15.0. The van der Waals surface area contributed by atoms with Crippen molar-refractivity contribution in [1.29, 1.82) is 0 Å². The molecule has 6 heteroatoms. The third-order valence-electron chi connectivity index (χ3n) is 5.93. The molecular formula is C26H33N3O3. The first-order valence-corrected chi connectivity index (χ1v) is 11.1. The van der Waals surface area contributed by atoms with E-state index in [4.69, 9.17) is 0 Å². The summed E-state index contributed by atoms with van der Waals surface area (Å²) in [5.41, 5.74) is 0.983. The number of carbonyl (C=O) groups excluding carboxylic acids is 3. The number of benzene rings is 2. The zero-order valence-corrected chi connectivity index (χ0v) is 19.6. The molecule has 3 rings (SSSR count). The van der Waals surface area contributed by atoms with Crippen molar-refractivity contribution in [2.75, 3.05) is 31.5 Å². The minimum absolute atomic E-state index is 0.0719. The molecule has 1 fully saturated rings. The van der Waals surface area contributed by atoms with Crippen molar-refractivity contribution in [3.8, 4) is 0 Å². The lowest BCUT2D eigenvalue weighted by Gasteiger charge is -2.38. The Labute approximate surface area is 190 Å². The molecule has 32 heavy (non-hydrogen) atoms. The maximum absolute atomic E-state index is 13.2. The van der Waals surface area contributed by atoms with Crippen molar-refractivity contribution in [3.63, 3.8) is 0 Å². The SMILES string of the molecule is CC(C)(C)C(=O)Nc1cccc(C(=O)N2CCN(C(=O)C(C)(C)c3ccccc3)CC2)c1. The van der Waals surface area contributed by atoms with E-state index in [1.807, 2.05) is 69.9 Å². The number of amides is 3. The quantitative estimate of drug-likeness (QED) is 0.791. The van der Waals surface area contributed by atoms with Crippen LogP contribution in [0.1, 0.15) is 50.5 Å². The van der Waals surface area contributed by atoms with E-state index < -0.39 is 10.8 Å². The highest BCUT2D eigenvalue weighted by atomic mass is 16.2. The minimum atomic E-state index is -0.618. The van der Waals surface area contributed by atoms with Crippen molar-refractivity contribution in [3.05, 3.63) is 65.7 Å². The Morgan fingerprint density at radius 3 is 1.97 bits per heavy atom. The molecule has 0 saturated carbocycles. The second kappa shape index (κ2) is 9.15. The van der Waals surface area contributed by atoms with Crippen LogP contribution >= 0.6 is 0 Å². The summed E-state index contributed by atoms with van der Waals surface area (Å²) in [5, 5.41) is 2.87. The molecule has 0 aromatic heterocycles. The fourth-order valence-electron chi connectivity index (χ4n) is 3.72. The molecule has 1 aliphatic heterocycles. The van der Waals surface area contributed by atoms with Gasteiger partial charge < -0.3 is 15.1 Å². The van der Waals surface area contributed by atoms with Crippen LogP contribution in [0.15, 0.2) is 54.6 Å². The van der Waals surface area contributed by atoms with E-state index in [0.717, 1.165) is 5.56 Å². The lowest BCUT2D eigenvalue weighted by molar-refractivity contribution is -0.137. The molecular weight excluding hydrogens is 402 g/mol. The maximum atomic E-state index is 13.2. The van der Waals surface area contributed by atoms with Gasteiger partial charge in [-0.3, -0.25) is 14.4 Å². The minimum Gasteiger partial charge on any atom is -0.338 e. The van der Waals surface area contributed by atoms with E-state index in [1.165, 1.54) is 0 Å². The van der Waals surface area contributed by atoms with E-state index in [-0.39, 0.29) is 17.7 Å². The summed E-state index contributed by atoms with van der Waals surface area (Å²) in [7, 11) is 0. The number of anilines is 1. The average molecular weight is 436 g/mol. The van der Waals surface area contributed by atoms with Crippen LogP contribution in [0.25, 0.3) is 0 Å². The van der Waals surface area contributed by atoms with Crippen LogP contribution in [0.3, 0.4) is 0 Å². The van der Waals surface area contributed by atoms with E-state index >= 15 is 0 Å². The van der Waals surface area contributed by atoms with Crippen molar-refractivity contribution < 1.29 is 14.4 Å². The first kappa shape index (κ1) is 23.5. The Morgan fingerprint density at radius 2 is 1.38 bits per heavy atom. The predicted octanol–water partition coefficient (Wildman–Crippen LogP) is 3.93. The summed E-state index contributed by atoms with van der Waals surface area (Å²) in [5.74, 6) is -0.121. The van der Waals surface area contributed by atoms with Crippen LogP contribution in [0.2, 0.25) is 0 Å². The second-order valence-corrected chi connectivity index (χ2v) is 9.86. The van der Waals surface area contributed by atoms with Gasteiger partial charge in [0, 0.05) is 42.8 Å². The number of piperazine rings is 1. The largest absolute Gasteiger partial charge is 0.338 e. The fourth-order valence-corrected chi connectivity index (χ4v) is 3.72. The first-order valence-electron chi connectivity index (χ1n) is 11.1. The molecule has 0 spiro atoms. The van der Waals surface area contributed by atoms with Crippen molar-refractivity contribution in [2.24, 2.45) is 5.41 Å². The summed E-state index contributed by atoms with van der Waals surface area (Å²) < 4.78 is 0. The Kier molecular flexibility index (Phi) is 6.72. The van der Waals surface area contributed by atoms with Gasteiger partial charge in [-0.1, -0.05) is 57.2 Å². The molecule has 0 unspecified atom stereocenters. The molecule has 2 aromatic rings. The zero-order chi connectivity index (χ0) is 23.5. The van der Waals surface area contributed by atoms with E-state index in [0.29, 0.717) is 37.4 Å². The van der Waals surface area contributed by atoms with Crippen LogP contribution in [0.5, 0.6) is 0 Å². The van der Waals surface area contributed by atoms with Gasteiger partial charge in [0.15, 0.2) is 0 Å². The Balaban J connectivity index is 1.63. The standard InChI is InChI=1S/C26H33N3O3/c1-25(2,3)23(31)27-21-13-9-10-19(18-21)22(30)28-14-16-29(17-15-28)24(32)26(4,5)20-11-7-6-8-12-20/h6-13,18H,14-17H2,1-5H3,(H,27,31). The average Bonchev–Trinajstić information content (AvgIpc) is 2.78. The monoisotopic (exact) mass is 435 g/mol. The van der Waals surface area contributed by atoms with E-state index in [9.17, 15) is 14.4 Å². The highest BCUT2D eigenvalue weighted by molar-refractivity contribution is 5.98. The molecule has 0 bridgehead atoms. The van der Waals surface area contributed by atoms with Gasteiger partial charge in [-0.15, -0.1) is 0 Å². The molecule has 6 nitrogen and oxygen atoms in total. The van der Waals surface area contributed by atoms with Crippen LogP contribution in [-0.4, -0.2) is 53.7 Å². The second-order valence-electron chi connectivity index (χ2n) is 9.86. The van der Waals surface area contributed by atoms with Gasteiger partial charge in [0.05, 0.1) is 5.41 Å². The normalized spacial score (nSPS) is 14.8. The maximum Gasteiger partial charge on any atom is 0.254 e. The molecule has 1 aliphatic rings. The Morgan fingerprint density at radius 1 is 0.781 bits per heavy atom. The lowest BCUT2D eigenvalue weighted by atomic mass is 9.83. The summed E-state index contributed by atoms with van der Waals surface area (Å²) in [6.07, 6.45) is 0. The van der Waals surface area contributed by atoms with Gasteiger partial charge in [0.25, 0.3) is 5.91 Å². The van der Waals surface area contributed by atoms with Gasteiger partial charge >= 0.3 is 0 Å². The Hall–Kier alpha value is -3.15. The fraction of sp³-hybridized carbons (Fsp3) is 0.423. The topological polar surface area (TPSA) is 69.7 Å². The zero-order valence-electron chi connectivity index (χ0n) is 19.6. The molecule has 0 atom stereocenters. The van der Waals surface area contributed by atoms with Crippen molar-refractivity contribution in [2.45, 2.75) is 40.0 Å². The van der Waals surface area contributed by atoms with Gasteiger partial charge in [0.2, 0.25) is 11.8 Å². The smallest absolute Gasteiger partial charge is 0.254 e. The number of rotatable bonds is 4. The summed E-state index contributed by atoms with van der Waals surface area (Å²) in [4.78, 5) is 42.1. The Bertz CT molecular complexity index is 985. The highest BCUT2D eigenvalue weighted by Gasteiger charge is 2.35. The van der Waals surface area contributed by atoms with Crippen LogP contribution < -0.4 is 5.32 Å². The third-order valence-corrected chi connectivity index (χ3v) is 5.93. The summed E-state index contributed by atoms with van der Waals surface area (Å²) >= 11 is 0. The molecule has 1 saturated heterocycles. The molecule has 1 heterocycles. The summed E-state index contributed by atoms with van der Waals surface area (Å²) in [6, 6.07) is 16.8. The van der Waals surface area contributed by atoms with Gasteiger partial charge in [-0.25, -0.2) is 0 Å². The van der Waals surface area contributed by atoms with E-state index in [2.05, 4.69) is 5.32 Å². The van der Waals surface area contributed by atoms with Crippen LogP contribution in [0, 0.1) is 5.41 Å². The van der Waals surface area contributed by atoms with Crippen LogP contribution in [-0.2, 0) is 15.0 Å². The third kappa shape index (κ3) is 5.18. The van der Waals surface area contributed by atoms with Crippen molar-refractivity contribution >= 4 is 23.4 Å². The summed E-state index contributed by atoms with van der Waals surface area (Å²) in [6.45, 7) is 11.4. The number of nitrogens with one attached hydrogen (secondary N) is 1. The van der Waals surface area contributed by atoms with E-state index in [1.54, 1.807) is 29.2 Å². The van der Waals surface area contributed by atoms with Gasteiger partial charge in [-0.05, 0) is 37.6 Å². The number of carbonyl (C=O) groups is 3. The molecule has 0 aliphatic carbocycles. The molecule has 0 radical (unpaired) electrons. The van der Waals surface area contributed by atoms with Crippen LogP contribution in [0.4, 0.5) is 5.69 Å². The van der Waals surface area contributed by atoms with Gasteiger partial charge in [-0.2, -0.15) is 0 Å². The molecule has 1 N–H and O–H groups in total. The molecule has 2 aromatic carbocycles.